The minimum atomic E-state index is -0.0409. The number of aliphatic imine (C=N–C) groups is 1. The van der Waals surface area contributed by atoms with Crippen LogP contribution < -0.4 is 0 Å². The summed E-state index contributed by atoms with van der Waals surface area (Å²) < 4.78 is 14.7. The molecule has 0 aliphatic heterocycles. The van der Waals surface area contributed by atoms with Crippen LogP contribution in [0.15, 0.2) is 52.0 Å². The van der Waals surface area contributed by atoms with E-state index in [1.807, 2.05) is 39.0 Å². The second-order valence-electron chi connectivity index (χ2n) is 6.39. The van der Waals surface area contributed by atoms with Gasteiger partial charge in [-0.1, -0.05) is 52.0 Å². The molecule has 0 fully saturated rings. The Bertz CT molecular complexity index is 516. The lowest BCUT2D eigenvalue weighted by molar-refractivity contribution is 0.580. The highest BCUT2D eigenvalue weighted by Crippen LogP contribution is 2.27. The number of allylic oxidation sites excluding steroid dienone is 8. The maximum atomic E-state index is 14.7. The lowest BCUT2D eigenvalue weighted by atomic mass is 9.93. The summed E-state index contributed by atoms with van der Waals surface area (Å²) in [6.45, 7) is 14.2. The highest BCUT2D eigenvalue weighted by molar-refractivity contribution is 5.85. The summed E-state index contributed by atoms with van der Waals surface area (Å²) in [5, 5.41) is 0. The molecule has 0 spiro atoms. The molecule has 24 heavy (non-hydrogen) atoms. The molecule has 0 N–H and O–H groups in total. The zero-order valence-electron chi connectivity index (χ0n) is 16.7. The van der Waals surface area contributed by atoms with Crippen molar-refractivity contribution in [3.8, 4) is 0 Å². The number of rotatable bonds is 10. The van der Waals surface area contributed by atoms with E-state index in [4.69, 9.17) is 4.99 Å². The van der Waals surface area contributed by atoms with Gasteiger partial charge in [0.2, 0.25) is 0 Å². The van der Waals surface area contributed by atoms with E-state index in [9.17, 15) is 4.39 Å². The molecule has 0 aromatic rings. The third-order valence-corrected chi connectivity index (χ3v) is 4.18. The van der Waals surface area contributed by atoms with Gasteiger partial charge in [-0.25, -0.2) is 4.39 Å². The molecular weight excluding hydrogens is 297 g/mol. The normalized spacial score (nSPS) is 15.5. The quantitative estimate of drug-likeness (QED) is 0.286. The molecule has 0 aliphatic rings. The first kappa shape index (κ1) is 22.6. The number of nitrogens with zero attached hydrogens (tertiary/aromatic N) is 1. The number of hydrogen-bond acceptors (Lipinski definition) is 1. The van der Waals surface area contributed by atoms with Crippen molar-refractivity contribution in [3.05, 3.63) is 47.0 Å². The lowest BCUT2D eigenvalue weighted by Gasteiger charge is -2.14. The summed E-state index contributed by atoms with van der Waals surface area (Å²) >= 11 is 0. The Morgan fingerprint density at radius 1 is 1.08 bits per heavy atom. The Balaban J connectivity index is 5.06. The SMILES string of the molecule is C/C=C(CC)\N=C(\CC)CCC\C(=C(F)/C(C)=C\C=C\C)C(C)C. The summed E-state index contributed by atoms with van der Waals surface area (Å²) in [6.07, 6.45) is 12.3. The first-order valence-corrected chi connectivity index (χ1v) is 9.31. The summed E-state index contributed by atoms with van der Waals surface area (Å²) in [4.78, 5) is 4.74. The molecule has 0 amide bonds. The van der Waals surface area contributed by atoms with Crippen molar-refractivity contribution in [2.45, 2.75) is 80.6 Å². The maximum Gasteiger partial charge on any atom is 0.125 e. The fraction of sp³-hybridized carbons (Fsp3) is 0.591. The Labute approximate surface area is 149 Å². The predicted octanol–water partition coefficient (Wildman–Crippen LogP) is 7.72. The number of halogens is 1. The van der Waals surface area contributed by atoms with Crippen molar-refractivity contribution in [1.29, 1.82) is 0 Å². The van der Waals surface area contributed by atoms with Gasteiger partial charge in [0.05, 0.1) is 0 Å². The number of hydrogen-bond donors (Lipinski definition) is 0. The van der Waals surface area contributed by atoms with Crippen molar-refractivity contribution < 1.29 is 4.39 Å². The molecule has 0 aromatic carbocycles. The third kappa shape index (κ3) is 8.42. The summed E-state index contributed by atoms with van der Waals surface area (Å²) in [7, 11) is 0. The van der Waals surface area contributed by atoms with Crippen LogP contribution in [-0.4, -0.2) is 5.71 Å². The van der Waals surface area contributed by atoms with Crippen molar-refractivity contribution in [2.24, 2.45) is 10.9 Å². The molecule has 0 saturated carbocycles. The standard InChI is InChI=1S/C22H36FN/c1-8-12-14-18(7)22(23)21(17(5)6)16-13-15-20(11-4)24-19(9-2)10-3/h8-9,12,14,17H,10-11,13,15-16H2,1-7H3/b12-8+,18-14-,19-9-,22-21-,24-20-. The average molecular weight is 334 g/mol. The molecule has 0 rings (SSSR count). The van der Waals surface area contributed by atoms with Gasteiger partial charge >= 0.3 is 0 Å². The molecule has 0 saturated heterocycles. The first-order chi connectivity index (χ1) is 11.4. The molecule has 0 aliphatic carbocycles. The maximum absolute atomic E-state index is 14.7. The third-order valence-electron chi connectivity index (χ3n) is 4.18. The highest BCUT2D eigenvalue weighted by Gasteiger charge is 2.12. The van der Waals surface area contributed by atoms with Gasteiger partial charge < -0.3 is 0 Å². The van der Waals surface area contributed by atoms with Crippen molar-refractivity contribution in [1.82, 2.24) is 0 Å². The highest BCUT2D eigenvalue weighted by atomic mass is 19.1. The van der Waals surface area contributed by atoms with E-state index in [1.165, 1.54) is 5.71 Å². The molecule has 0 heterocycles. The van der Waals surface area contributed by atoms with Gasteiger partial charge in [-0.2, -0.15) is 0 Å². The topological polar surface area (TPSA) is 12.4 Å². The molecule has 2 heteroatoms. The zero-order chi connectivity index (χ0) is 18.5. The van der Waals surface area contributed by atoms with Crippen LogP contribution in [0.1, 0.15) is 80.6 Å². The Hall–Kier alpha value is -1.44. The minimum absolute atomic E-state index is 0.0409. The molecule has 136 valence electrons. The average Bonchev–Trinajstić information content (AvgIpc) is 2.58. The molecule has 0 unspecified atom stereocenters. The minimum Gasteiger partial charge on any atom is -0.263 e. The molecule has 0 aromatic heterocycles. The fourth-order valence-electron chi connectivity index (χ4n) is 2.56. The van der Waals surface area contributed by atoms with Gasteiger partial charge in [-0.05, 0) is 69.9 Å². The van der Waals surface area contributed by atoms with Gasteiger partial charge in [-0.3, -0.25) is 4.99 Å². The van der Waals surface area contributed by atoms with Crippen LogP contribution in [0.5, 0.6) is 0 Å². The van der Waals surface area contributed by atoms with Crippen molar-refractivity contribution >= 4 is 5.71 Å². The van der Waals surface area contributed by atoms with Crippen LogP contribution in [0.25, 0.3) is 0 Å². The Morgan fingerprint density at radius 3 is 2.21 bits per heavy atom. The van der Waals surface area contributed by atoms with E-state index < -0.39 is 0 Å². The van der Waals surface area contributed by atoms with Crippen molar-refractivity contribution in [2.75, 3.05) is 0 Å². The van der Waals surface area contributed by atoms with Gasteiger partial charge in [0.15, 0.2) is 0 Å². The van der Waals surface area contributed by atoms with Crippen LogP contribution in [0, 0.1) is 5.92 Å². The zero-order valence-corrected chi connectivity index (χ0v) is 16.7. The van der Waals surface area contributed by atoms with E-state index in [2.05, 4.69) is 33.8 Å². The van der Waals surface area contributed by atoms with Crippen LogP contribution in [-0.2, 0) is 0 Å². The Morgan fingerprint density at radius 2 is 1.75 bits per heavy atom. The molecule has 0 radical (unpaired) electrons. The van der Waals surface area contributed by atoms with E-state index in [0.717, 1.165) is 43.4 Å². The van der Waals surface area contributed by atoms with E-state index in [1.54, 1.807) is 0 Å². The van der Waals surface area contributed by atoms with Gasteiger partial charge in [0.1, 0.15) is 5.83 Å². The fourth-order valence-corrected chi connectivity index (χ4v) is 2.56. The molecular formula is C22H36FN. The second kappa shape index (κ2) is 12.9. The van der Waals surface area contributed by atoms with E-state index >= 15 is 0 Å². The van der Waals surface area contributed by atoms with E-state index in [-0.39, 0.29) is 11.7 Å². The predicted molar refractivity (Wildman–Crippen MR) is 107 cm³/mol. The largest absolute Gasteiger partial charge is 0.263 e. The molecule has 1 nitrogen and oxygen atoms in total. The van der Waals surface area contributed by atoms with Crippen LogP contribution in [0.2, 0.25) is 0 Å². The van der Waals surface area contributed by atoms with E-state index in [0.29, 0.717) is 5.57 Å². The first-order valence-electron chi connectivity index (χ1n) is 9.31. The van der Waals surface area contributed by atoms with Gasteiger partial charge in [-0.15, -0.1) is 0 Å². The lowest BCUT2D eigenvalue weighted by Crippen LogP contribution is -2.02. The summed E-state index contributed by atoms with van der Waals surface area (Å²) in [5.41, 5.74) is 3.99. The monoisotopic (exact) mass is 333 g/mol. The van der Waals surface area contributed by atoms with Crippen molar-refractivity contribution in [3.63, 3.8) is 0 Å². The van der Waals surface area contributed by atoms with Crippen LogP contribution >= 0.6 is 0 Å². The van der Waals surface area contributed by atoms with Crippen LogP contribution in [0.3, 0.4) is 0 Å². The summed E-state index contributed by atoms with van der Waals surface area (Å²) in [5.74, 6) is 0.184. The second-order valence-corrected chi connectivity index (χ2v) is 6.39. The van der Waals surface area contributed by atoms with Gasteiger partial charge in [0.25, 0.3) is 0 Å². The smallest absolute Gasteiger partial charge is 0.125 e. The molecule has 0 atom stereocenters. The molecule has 0 bridgehead atoms. The van der Waals surface area contributed by atoms with Gasteiger partial charge in [0, 0.05) is 11.4 Å². The Kier molecular flexibility index (Phi) is 12.1. The van der Waals surface area contributed by atoms with Crippen LogP contribution in [0.4, 0.5) is 4.39 Å². The summed E-state index contributed by atoms with van der Waals surface area (Å²) in [6, 6.07) is 0.